The Hall–Kier alpha value is -4.84. The number of halogens is 1. The smallest absolute Gasteiger partial charge is 0.317 e. The average Bonchev–Trinajstić information content (AvgIpc) is 3.38. The first kappa shape index (κ1) is 25.1. The maximum Gasteiger partial charge on any atom is 0.317 e. The molecule has 1 saturated carbocycles. The summed E-state index contributed by atoms with van der Waals surface area (Å²) in [5.41, 5.74) is 3.04. The fourth-order valence-electron chi connectivity index (χ4n) is 4.55. The number of aryl methyl sites for hydroxylation is 1. The average molecular weight is 567 g/mol. The van der Waals surface area contributed by atoms with E-state index < -0.39 is 17.9 Å². The number of benzodiazepines with no additional fused rings is 1. The number of carbonyl (C=O) groups excluding carboxylic acids is 1. The molecule has 4 heterocycles. The lowest BCUT2D eigenvalue weighted by atomic mass is 10.0. The molecule has 1 fully saturated rings. The van der Waals surface area contributed by atoms with E-state index in [-0.39, 0.29) is 23.0 Å². The van der Waals surface area contributed by atoms with E-state index in [1.54, 1.807) is 35.9 Å². The number of carbonyl (C=O) groups is 1. The van der Waals surface area contributed by atoms with E-state index in [4.69, 9.17) is 9.40 Å². The first-order valence-corrected chi connectivity index (χ1v) is 13.8. The molecule has 1 atom stereocenters. The lowest BCUT2D eigenvalue weighted by Crippen LogP contribution is -2.32. The van der Waals surface area contributed by atoms with E-state index in [0.29, 0.717) is 22.8 Å². The highest BCUT2D eigenvalue weighted by atomic mass is 32.1. The van der Waals surface area contributed by atoms with Gasteiger partial charge in [0.05, 0.1) is 21.3 Å². The third-order valence-electron chi connectivity index (χ3n) is 7.15. The maximum absolute atomic E-state index is 14.8. The number of nitrogens with one attached hydrogen (secondary N) is 2. The number of amides is 1. The van der Waals surface area contributed by atoms with Gasteiger partial charge in [0.25, 0.3) is 11.8 Å². The van der Waals surface area contributed by atoms with Crippen molar-refractivity contribution < 1.29 is 13.6 Å². The summed E-state index contributed by atoms with van der Waals surface area (Å²) in [7, 11) is 0. The highest BCUT2D eigenvalue weighted by Gasteiger charge is 2.43. The number of nitrogens with zero attached hydrogens (tertiary/aromatic N) is 6. The molecular formula is C29H23FN8O2S. The quantitative estimate of drug-likeness (QED) is 0.280. The van der Waals surface area contributed by atoms with Crippen LogP contribution >= 0.6 is 11.3 Å². The second-order valence-corrected chi connectivity index (χ2v) is 11.2. The summed E-state index contributed by atoms with van der Waals surface area (Å²) < 4.78 is 20.8. The van der Waals surface area contributed by atoms with Gasteiger partial charge < -0.3 is 15.1 Å². The van der Waals surface area contributed by atoms with Crippen LogP contribution in [0.4, 0.5) is 16.1 Å². The maximum atomic E-state index is 14.8. The van der Waals surface area contributed by atoms with Gasteiger partial charge in [0.2, 0.25) is 6.17 Å². The van der Waals surface area contributed by atoms with Gasteiger partial charge in [-0.1, -0.05) is 54.5 Å². The summed E-state index contributed by atoms with van der Waals surface area (Å²) in [6, 6.07) is 13.8. The molecule has 5 aromatic rings. The number of aliphatic imine (C=N–C) groups is 1. The molecule has 0 bridgehead atoms. The SMILES string of the molecule is Cc1ncc(-c2sc(C3(C)CC3)nc2-c2nnc(N[C@@H]3N=C(c4ccccc4)c4cccc(F)c4NC3=O)o2)cn1. The summed E-state index contributed by atoms with van der Waals surface area (Å²) in [6.45, 7) is 4.01. The minimum absolute atomic E-state index is 0.0234. The van der Waals surface area contributed by atoms with Crippen LogP contribution in [0.15, 0.2) is 70.3 Å². The van der Waals surface area contributed by atoms with Gasteiger partial charge in [-0.25, -0.2) is 24.3 Å². The summed E-state index contributed by atoms with van der Waals surface area (Å²) >= 11 is 1.56. The largest absolute Gasteiger partial charge is 0.402 e. The summed E-state index contributed by atoms with van der Waals surface area (Å²) in [5.74, 6) is -0.281. The third kappa shape index (κ3) is 4.65. The minimum atomic E-state index is -1.17. The Morgan fingerprint density at radius 2 is 1.83 bits per heavy atom. The highest BCUT2D eigenvalue weighted by Crippen LogP contribution is 2.51. The summed E-state index contributed by atoms with van der Waals surface area (Å²) in [4.78, 5) is 32.3. The standard InChI is InChI=1S/C29H23FN8O2S/c1-15-31-13-17(14-32-15)23-22(35-27(41-23)29(2)11-12-29)26-37-38-28(40-26)36-24-25(39)34-21-18(9-6-10-19(21)30)20(33-24)16-7-4-3-5-8-16/h3-10,13-14,24H,11-12H2,1-2H3,(H,34,39)(H,36,38)/t24-/m0/s1. The number of fused-ring (bicyclic) bond motifs is 1. The second kappa shape index (κ2) is 9.66. The number of anilines is 2. The van der Waals surface area contributed by atoms with Crippen LogP contribution in [0.1, 0.15) is 41.7 Å². The number of para-hydroxylation sites is 1. The van der Waals surface area contributed by atoms with Crippen LogP contribution in [0.5, 0.6) is 0 Å². The van der Waals surface area contributed by atoms with Crippen molar-refractivity contribution in [3.05, 3.63) is 88.7 Å². The first-order chi connectivity index (χ1) is 19.9. The predicted octanol–water partition coefficient (Wildman–Crippen LogP) is 5.38. The van der Waals surface area contributed by atoms with Crippen molar-refractivity contribution >= 4 is 34.7 Å². The second-order valence-electron chi connectivity index (χ2n) is 10.2. The van der Waals surface area contributed by atoms with Gasteiger partial charge in [-0.05, 0) is 25.8 Å². The van der Waals surface area contributed by atoms with Gasteiger partial charge in [0.1, 0.15) is 17.3 Å². The minimum Gasteiger partial charge on any atom is -0.402 e. The molecule has 2 aromatic carbocycles. The Morgan fingerprint density at radius 3 is 2.59 bits per heavy atom. The molecule has 3 aromatic heterocycles. The Labute approximate surface area is 237 Å². The highest BCUT2D eigenvalue weighted by molar-refractivity contribution is 7.15. The molecule has 0 radical (unpaired) electrons. The molecule has 1 aliphatic heterocycles. The molecule has 2 N–H and O–H groups in total. The number of rotatable bonds is 6. The zero-order valence-corrected chi connectivity index (χ0v) is 22.9. The number of benzene rings is 2. The molecule has 1 amide bonds. The number of hydrogen-bond donors (Lipinski definition) is 2. The number of hydrogen-bond acceptors (Lipinski definition) is 10. The Bertz CT molecular complexity index is 1810. The van der Waals surface area contributed by atoms with Gasteiger partial charge in [-0.2, -0.15) is 0 Å². The van der Waals surface area contributed by atoms with Gasteiger partial charge in [0.15, 0.2) is 0 Å². The van der Waals surface area contributed by atoms with E-state index in [9.17, 15) is 9.18 Å². The van der Waals surface area contributed by atoms with Gasteiger partial charge >= 0.3 is 6.01 Å². The zero-order valence-electron chi connectivity index (χ0n) is 22.1. The Kier molecular flexibility index (Phi) is 5.93. The molecule has 1 aliphatic carbocycles. The van der Waals surface area contributed by atoms with Crippen LogP contribution in [0.25, 0.3) is 22.0 Å². The van der Waals surface area contributed by atoms with E-state index in [1.807, 2.05) is 37.3 Å². The van der Waals surface area contributed by atoms with Crippen LogP contribution in [0.2, 0.25) is 0 Å². The number of aromatic nitrogens is 5. The van der Waals surface area contributed by atoms with Gasteiger partial charge in [-0.3, -0.25) is 4.79 Å². The van der Waals surface area contributed by atoms with Crippen LogP contribution < -0.4 is 10.6 Å². The van der Waals surface area contributed by atoms with Gasteiger partial charge in [-0.15, -0.1) is 16.4 Å². The molecule has 0 unspecified atom stereocenters. The molecular weight excluding hydrogens is 543 g/mol. The van der Waals surface area contributed by atoms with Crippen molar-refractivity contribution in [2.75, 3.05) is 10.6 Å². The summed E-state index contributed by atoms with van der Waals surface area (Å²) in [5, 5.41) is 14.9. The van der Waals surface area contributed by atoms with Crippen molar-refractivity contribution in [3.8, 4) is 22.0 Å². The van der Waals surface area contributed by atoms with Crippen molar-refractivity contribution in [1.29, 1.82) is 0 Å². The van der Waals surface area contributed by atoms with E-state index in [1.165, 1.54) is 6.07 Å². The van der Waals surface area contributed by atoms with Crippen LogP contribution in [-0.4, -0.2) is 42.9 Å². The van der Waals surface area contributed by atoms with Crippen LogP contribution in [0, 0.1) is 12.7 Å². The van der Waals surface area contributed by atoms with Crippen molar-refractivity contribution in [2.45, 2.75) is 38.3 Å². The van der Waals surface area contributed by atoms with E-state index in [2.05, 4.69) is 42.7 Å². The topological polar surface area (TPSA) is 131 Å². The molecule has 41 heavy (non-hydrogen) atoms. The van der Waals surface area contributed by atoms with Crippen LogP contribution in [0.3, 0.4) is 0 Å². The summed E-state index contributed by atoms with van der Waals surface area (Å²) in [6.07, 6.45) is 4.44. The fraction of sp³-hybridized carbons (Fsp3) is 0.207. The van der Waals surface area contributed by atoms with Gasteiger partial charge in [0, 0.05) is 34.5 Å². The van der Waals surface area contributed by atoms with Crippen LogP contribution in [-0.2, 0) is 10.2 Å². The Balaban J connectivity index is 1.25. The van der Waals surface area contributed by atoms with E-state index >= 15 is 0 Å². The molecule has 2 aliphatic rings. The molecule has 0 spiro atoms. The third-order valence-corrected chi connectivity index (χ3v) is 8.56. The van der Waals surface area contributed by atoms with Crippen molar-refractivity contribution in [3.63, 3.8) is 0 Å². The monoisotopic (exact) mass is 566 g/mol. The lowest BCUT2D eigenvalue weighted by molar-refractivity contribution is -0.116. The normalized spacial score (nSPS) is 17.3. The zero-order chi connectivity index (χ0) is 28.1. The molecule has 204 valence electrons. The predicted molar refractivity (Wildman–Crippen MR) is 152 cm³/mol. The fourth-order valence-corrected chi connectivity index (χ4v) is 5.78. The van der Waals surface area contributed by atoms with Crippen molar-refractivity contribution in [1.82, 2.24) is 25.1 Å². The first-order valence-electron chi connectivity index (χ1n) is 13.0. The molecule has 0 saturated heterocycles. The Morgan fingerprint density at radius 1 is 1.05 bits per heavy atom. The van der Waals surface area contributed by atoms with Crippen molar-refractivity contribution in [2.24, 2.45) is 4.99 Å². The lowest BCUT2D eigenvalue weighted by Gasteiger charge is -2.11. The molecule has 7 rings (SSSR count). The molecule has 12 heteroatoms. The number of thiazole rings is 1. The van der Waals surface area contributed by atoms with E-state index in [0.717, 1.165) is 33.9 Å². The molecule has 10 nitrogen and oxygen atoms in total.